The monoisotopic (exact) mass is 221 g/mol. The maximum Gasteiger partial charge on any atom is 0.411 e. The van der Waals surface area contributed by atoms with Gasteiger partial charge in [-0.3, -0.25) is 9.58 Å². The number of carbonyl (C=O) groups is 1. The van der Waals surface area contributed by atoms with Gasteiger partial charge in [-0.25, -0.2) is 4.79 Å². The molecule has 2 heterocycles. The van der Waals surface area contributed by atoms with Gasteiger partial charge in [0.15, 0.2) is 0 Å². The van der Waals surface area contributed by atoms with Crippen molar-refractivity contribution in [1.82, 2.24) is 14.7 Å². The van der Waals surface area contributed by atoms with Gasteiger partial charge < -0.3 is 5.11 Å². The molecule has 1 aliphatic rings. The topological polar surface area (TPSA) is 58.4 Å². The van der Waals surface area contributed by atoms with E-state index < -0.39 is 6.09 Å². The maximum atomic E-state index is 11.1. The number of hydrogen-bond acceptors (Lipinski definition) is 2. The molecule has 1 N–H and O–H groups in total. The highest BCUT2D eigenvalue weighted by molar-refractivity contribution is 5.80. The van der Waals surface area contributed by atoms with Crippen LogP contribution < -0.4 is 0 Å². The second-order valence-electron chi connectivity index (χ2n) is 4.20. The molecule has 0 radical (unpaired) electrons. The van der Waals surface area contributed by atoms with Crippen molar-refractivity contribution in [2.45, 2.75) is 13.3 Å². The fourth-order valence-corrected chi connectivity index (χ4v) is 1.88. The molecular formula is C11H15N3O2. The predicted octanol–water partition coefficient (Wildman–Crippen LogP) is 1.78. The molecule has 2 rings (SSSR count). The molecule has 5 heteroatoms. The number of aromatic nitrogens is 2. The number of aryl methyl sites for hydroxylation is 1. The van der Waals surface area contributed by atoms with Gasteiger partial charge >= 0.3 is 6.09 Å². The van der Waals surface area contributed by atoms with Crippen LogP contribution in [0.25, 0.3) is 5.70 Å². The van der Waals surface area contributed by atoms with Gasteiger partial charge in [0.25, 0.3) is 0 Å². The summed E-state index contributed by atoms with van der Waals surface area (Å²) in [6.45, 7) is 2.58. The van der Waals surface area contributed by atoms with E-state index >= 15 is 0 Å². The number of amides is 1. The van der Waals surface area contributed by atoms with E-state index in [4.69, 9.17) is 5.11 Å². The molecule has 5 nitrogen and oxygen atoms in total. The van der Waals surface area contributed by atoms with E-state index in [1.165, 1.54) is 4.90 Å². The average molecular weight is 221 g/mol. The Hall–Kier alpha value is -1.78. The normalized spacial score (nSPS) is 20.8. The molecule has 1 aromatic rings. The lowest BCUT2D eigenvalue weighted by Gasteiger charge is -2.28. The third-order valence-electron chi connectivity index (χ3n) is 2.71. The molecule has 1 atom stereocenters. The fourth-order valence-electron chi connectivity index (χ4n) is 1.88. The van der Waals surface area contributed by atoms with E-state index in [0.717, 1.165) is 12.1 Å². The van der Waals surface area contributed by atoms with Crippen LogP contribution in [0.15, 0.2) is 18.3 Å². The van der Waals surface area contributed by atoms with Gasteiger partial charge in [-0.05, 0) is 18.4 Å². The van der Waals surface area contributed by atoms with Gasteiger partial charge in [-0.15, -0.1) is 0 Å². The predicted molar refractivity (Wildman–Crippen MR) is 59.7 cm³/mol. The zero-order valence-corrected chi connectivity index (χ0v) is 9.42. The van der Waals surface area contributed by atoms with Crippen LogP contribution in [-0.2, 0) is 7.05 Å². The molecule has 0 aliphatic carbocycles. The molecule has 0 bridgehead atoms. The average Bonchev–Trinajstić information content (AvgIpc) is 2.64. The Morgan fingerprint density at radius 2 is 2.38 bits per heavy atom. The lowest BCUT2D eigenvalue weighted by atomic mass is 10.0. The quantitative estimate of drug-likeness (QED) is 0.786. The van der Waals surface area contributed by atoms with Gasteiger partial charge in [-0.1, -0.05) is 13.0 Å². The maximum absolute atomic E-state index is 11.1. The van der Waals surface area contributed by atoms with Crippen molar-refractivity contribution in [3.05, 3.63) is 24.0 Å². The van der Waals surface area contributed by atoms with Gasteiger partial charge in [0.1, 0.15) is 5.69 Å². The molecule has 1 aliphatic heterocycles. The van der Waals surface area contributed by atoms with Crippen molar-refractivity contribution in [2.24, 2.45) is 13.0 Å². The smallest absolute Gasteiger partial charge is 0.411 e. The van der Waals surface area contributed by atoms with Crippen molar-refractivity contribution in [2.75, 3.05) is 6.54 Å². The zero-order chi connectivity index (χ0) is 11.7. The highest BCUT2D eigenvalue weighted by atomic mass is 16.4. The van der Waals surface area contributed by atoms with E-state index in [2.05, 4.69) is 5.10 Å². The van der Waals surface area contributed by atoms with Gasteiger partial charge in [0.2, 0.25) is 0 Å². The molecule has 0 saturated carbocycles. The molecule has 1 amide bonds. The van der Waals surface area contributed by atoms with Crippen molar-refractivity contribution >= 4 is 11.8 Å². The fraction of sp³-hybridized carbons (Fsp3) is 0.455. The summed E-state index contributed by atoms with van der Waals surface area (Å²) in [6, 6.07) is 1.83. The van der Waals surface area contributed by atoms with Crippen LogP contribution in [0.4, 0.5) is 4.79 Å². The molecule has 1 unspecified atom stereocenters. The number of nitrogens with zero attached hydrogens (tertiary/aromatic N) is 3. The largest absolute Gasteiger partial charge is 0.465 e. The first-order valence-corrected chi connectivity index (χ1v) is 5.28. The molecule has 0 aromatic carbocycles. The second kappa shape index (κ2) is 4.00. The van der Waals surface area contributed by atoms with E-state index in [1.54, 1.807) is 4.68 Å². The van der Waals surface area contributed by atoms with Crippen LogP contribution >= 0.6 is 0 Å². The minimum atomic E-state index is -0.913. The third-order valence-corrected chi connectivity index (χ3v) is 2.71. The van der Waals surface area contributed by atoms with Gasteiger partial charge in [0.05, 0.1) is 5.70 Å². The Morgan fingerprint density at radius 3 is 2.94 bits per heavy atom. The van der Waals surface area contributed by atoms with Crippen LogP contribution in [0.5, 0.6) is 0 Å². The van der Waals surface area contributed by atoms with Crippen LogP contribution in [0, 0.1) is 5.92 Å². The standard InChI is InChI=1S/C11H15N3O2/c1-8-3-4-10(14(7-8)11(15)16)9-5-6-13(2)12-9/h4-6,8H,3,7H2,1-2H3,(H,15,16). The Balaban J connectivity index is 2.34. The Morgan fingerprint density at radius 1 is 1.62 bits per heavy atom. The summed E-state index contributed by atoms with van der Waals surface area (Å²) in [5, 5.41) is 13.4. The van der Waals surface area contributed by atoms with Crippen molar-refractivity contribution < 1.29 is 9.90 Å². The molecule has 0 saturated heterocycles. The highest BCUT2D eigenvalue weighted by Crippen LogP contribution is 2.26. The summed E-state index contributed by atoms with van der Waals surface area (Å²) >= 11 is 0. The highest BCUT2D eigenvalue weighted by Gasteiger charge is 2.25. The number of allylic oxidation sites excluding steroid dienone is 1. The van der Waals surface area contributed by atoms with Gasteiger partial charge in [0, 0.05) is 19.8 Å². The zero-order valence-electron chi connectivity index (χ0n) is 9.42. The summed E-state index contributed by atoms with van der Waals surface area (Å²) in [7, 11) is 1.82. The summed E-state index contributed by atoms with van der Waals surface area (Å²) in [5.74, 6) is 0.364. The first kappa shape index (κ1) is 10.7. The summed E-state index contributed by atoms with van der Waals surface area (Å²) in [5.41, 5.74) is 1.42. The summed E-state index contributed by atoms with van der Waals surface area (Å²) in [6.07, 6.45) is 3.75. The lowest BCUT2D eigenvalue weighted by molar-refractivity contribution is 0.159. The Kier molecular flexibility index (Phi) is 2.68. The Labute approximate surface area is 94.0 Å². The third kappa shape index (κ3) is 1.93. The van der Waals surface area contributed by atoms with Crippen molar-refractivity contribution in [3.8, 4) is 0 Å². The van der Waals surface area contributed by atoms with E-state index in [9.17, 15) is 4.79 Å². The number of carboxylic acid groups (broad SMARTS) is 1. The minimum absolute atomic E-state index is 0.364. The Bertz CT molecular complexity index is 436. The summed E-state index contributed by atoms with van der Waals surface area (Å²) < 4.78 is 1.67. The molecule has 16 heavy (non-hydrogen) atoms. The first-order valence-electron chi connectivity index (χ1n) is 5.28. The van der Waals surface area contributed by atoms with E-state index in [0.29, 0.717) is 18.2 Å². The van der Waals surface area contributed by atoms with Crippen LogP contribution in [-0.4, -0.2) is 32.4 Å². The minimum Gasteiger partial charge on any atom is -0.465 e. The summed E-state index contributed by atoms with van der Waals surface area (Å²) in [4.78, 5) is 12.5. The number of hydrogen-bond donors (Lipinski definition) is 1. The van der Waals surface area contributed by atoms with Crippen LogP contribution in [0.2, 0.25) is 0 Å². The lowest BCUT2D eigenvalue weighted by Crippen LogP contribution is -2.34. The molecule has 86 valence electrons. The molecular weight excluding hydrogens is 206 g/mol. The molecule has 0 fully saturated rings. The van der Waals surface area contributed by atoms with E-state index in [1.807, 2.05) is 32.3 Å². The van der Waals surface area contributed by atoms with Crippen LogP contribution in [0.1, 0.15) is 19.0 Å². The molecule has 0 spiro atoms. The van der Waals surface area contributed by atoms with Crippen LogP contribution in [0.3, 0.4) is 0 Å². The van der Waals surface area contributed by atoms with Gasteiger partial charge in [-0.2, -0.15) is 5.10 Å². The SMILES string of the molecule is CC1CC=C(c2ccn(C)n2)N(C(=O)O)C1. The van der Waals surface area contributed by atoms with Crippen molar-refractivity contribution in [3.63, 3.8) is 0 Å². The molecule has 1 aromatic heterocycles. The van der Waals surface area contributed by atoms with Crippen molar-refractivity contribution in [1.29, 1.82) is 0 Å². The number of rotatable bonds is 1. The first-order chi connectivity index (χ1) is 7.58. The second-order valence-corrected chi connectivity index (χ2v) is 4.20. The van der Waals surface area contributed by atoms with E-state index in [-0.39, 0.29) is 0 Å².